The van der Waals surface area contributed by atoms with Crippen LogP contribution in [-0.4, -0.2) is 9.97 Å². The van der Waals surface area contributed by atoms with Crippen molar-refractivity contribution in [1.29, 1.82) is 0 Å². The highest BCUT2D eigenvalue weighted by molar-refractivity contribution is 9.10. The Labute approximate surface area is 123 Å². The van der Waals surface area contributed by atoms with Crippen LogP contribution < -0.4 is 11.1 Å². The van der Waals surface area contributed by atoms with Crippen molar-refractivity contribution in [2.24, 2.45) is 5.73 Å². The number of aromatic nitrogens is 1. The quantitative estimate of drug-likeness (QED) is 0.831. The number of hydrogen-bond donors (Lipinski definition) is 2. The van der Waals surface area contributed by atoms with Crippen LogP contribution in [0.2, 0.25) is 5.02 Å². The average Bonchev–Trinajstić information content (AvgIpc) is 2.31. The standard InChI is InChI=1S/C12H9BrClN3S/c13-8-4-9(6-16-5-8)17-11-2-1-7(12(15)18)3-10(11)14/h1-6,17H,(H2,15,18). The molecule has 1 aromatic heterocycles. The predicted octanol–water partition coefficient (Wildman–Crippen LogP) is 3.88. The van der Waals surface area contributed by atoms with Crippen LogP contribution in [0.15, 0.2) is 41.1 Å². The number of halogens is 2. The molecule has 0 fully saturated rings. The first-order valence-corrected chi connectivity index (χ1v) is 6.61. The molecule has 0 unspecified atom stereocenters. The molecule has 92 valence electrons. The average molecular weight is 343 g/mol. The van der Waals surface area contributed by atoms with Gasteiger partial charge in [-0.3, -0.25) is 4.98 Å². The molecule has 6 heteroatoms. The van der Waals surface area contributed by atoms with Gasteiger partial charge in [0, 0.05) is 16.2 Å². The second kappa shape index (κ2) is 5.65. The van der Waals surface area contributed by atoms with Gasteiger partial charge in [0.1, 0.15) is 4.99 Å². The minimum Gasteiger partial charge on any atom is -0.389 e. The fraction of sp³-hybridized carbons (Fsp3) is 0. The fourth-order valence-electron chi connectivity index (χ4n) is 1.41. The van der Waals surface area contributed by atoms with Crippen LogP contribution in [0.3, 0.4) is 0 Å². The summed E-state index contributed by atoms with van der Waals surface area (Å²) in [6.07, 6.45) is 3.42. The van der Waals surface area contributed by atoms with E-state index in [9.17, 15) is 0 Å². The lowest BCUT2D eigenvalue weighted by Gasteiger charge is -2.09. The monoisotopic (exact) mass is 341 g/mol. The minimum absolute atomic E-state index is 0.326. The highest BCUT2D eigenvalue weighted by atomic mass is 79.9. The molecule has 0 spiro atoms. The van der Waals surface area contributed by atoms with Gasteiger partial charge in [0.05, 0.1) is 22.6 Å². The normalized spacial score (nSPS) is 10.1. The van der Waals surface area contributed by atoms with E-state index in [4.69, 9.17) is 29.6 Å². The Morgan fingerprint density at radius 1 is 1.33 bits per heavy atom. The Morgan fingerprint density at radius 3 is 2.72 bits per heavy atom. The number of hydrogen-bond acceptors (Lipinski definition) is 3. The highest BCUT2D eigenvalue weighted by Gasteiger charge is 2.04. The van der Waals surface area contributed by atoms with E-state index in [2.05, 4.69) is 26.2 Å². The van der Waals surface area contributed by atoms with E-state index in [-0.39, 0.29) is 0 Å². The second-order valence-electron chi connectivity index (χ2n) is 3.58. The summed E-state index contributed by atoms with van der Waals surface area (Å²) in [4.78, 5) is 4.39. The predicted molar refractivity (Wildman–Crippen MR) is 82.6 cm³/mol. The van der Waals surface area contributed by atoms with E-state index in [0.29, 0.717) is 10.0 Å². The molecule has 1 heterocycles. The molecule has 0 amide bonds. The third kappa shape index (κ3) is 3.19. The summed E-state index contributed by atoms with van der Waals surface area (Å²) < 4.78 is 0.892. The summed E-state index contributed by atoms with van der Waals surface area (Å²) in [6, 6.07) is 7.29. The van der Waals surface area contributed by atoms with Crippen LogP contribution >= 0.6 is 39.7 Å². The molecule has 1 aromatic carbocycles. The fourth-order valence-corrected chi connectivity index (χ4v) is 2.13. The van der Waals surface area contributed by atoms with Gasteiger partial charge in [0.15, 0.2) is 0 Å². The van der Waals surface area contributed by atoms with Crippen LogP contribution in [0.1, 0.15) is 5.56 Å². The maximum Gasteiger partial charge on any atom is 0.104 e. The molecule has 0 aliphatic carbocycles. The van der Waals surface area contributed by atoms with Gasteiger partial charge in [-0.2, -0.15) is 0 Å². The highest BCUT2D eigenvalue weighted by Crippen LogP contribution is 2.27. The molecule has 2 rings (SSSR count). The number of anilines is 2. The zero-order valence-corrected chi connectivity index (χ0v) is 12.3. The second-order valence-corrected chi connectivity index (χ2v) is 5.34. The Bertz CT molecular complexity index is 604. The van der Waals surface area contributed by atoms with Crippen molar-refractivity contribution in [1.82, 2.24) is 4.98 Å². The SMILES string of the molecule is NC(=S)c1ccc(Nc2cncc(Br)c2)c(Cl)c1. The Morgan fingerprint density at radius 2 is 2.11 bits per heavy atom. The van der Waals surface area contributed by atoms with Crippen LogP contribution in [0, 0.1) is 0 Å². The van der Waals surface area contributed by atoms with Gasteiger partial charge in [-0.05, 0) is 40.2 Å². The van der Waals surface area contributed by atoms with Gasteiger partial charge in [-0.25, -0.2) is 0 Å². The van der Waals surface area contributed by atoms with Crippen LogP contribution in [0.4, 0.5) is 11.4 Å². The number of thiocarbonyl (C=S) groups is 1. The summed E-state index contributed by atoms with van der Waals surface area (Å²) in [5.74, 6) is 0. The molecular weight excluding hydrogens is 334 g/mol. The molecule has 3 N–H and O–H groups in total. The number of nitrogens with zero attached hydrogens (tertiary/aromatic N) is 1. The molecule has 3 nitrogen and oxygen atoms in total. The first kappa shape index (κ1) is 13.3. The molecule has 0 saturated carbocycles. The van der Waals surface area contributed by atoms with E-state index < -0.39 is 0 Å². The third-order valence-corrected chi connectivity index (χ3v) is 3.22. The zero-order chi connectivity index (χ0) is 13.1. The number of pyridine rings is 1. The van der Waals surface area contributed by atoms with E-state index in [1.807, 2.05) is 18.2 Å². The number of nitrogens with two attached hydrogens (primary N) is 1. The van der Waals surface area contributed by atoms with Gasteiger partial charge < -0.3 is 11.1 Å². The Hall–Kier alpha value is -1.17. The first-order chi connectivity index (χ1) is 8.56. The number of nitrogens with one attached hydrogen (secondary N) is 1. The lowest BCUT2D eigenvalue weighted by molar-refractivity contribution is 1.30. The first-order valence-electron chi connectivity index (χ1n) is 5.03. The molecule has 0 aliphatic heterocycles. The van der Waals surface area contributed by atoms with Crippen molar-refractivity contribution in [3.63, 3.8) is 0 Å². The van der Waals surface area contributed by atoms with E-state index >= 15 is 0 Å². The van der Waals surface area contributed by atoms with E-state index in [0.717, 1.165) is 21.4 Å². The summed E-state index contributed by atoms with van der Waals surface area (Å²) in [5, 5.41) is 3.73. The molecular formula is C12H9BrClN3S. The lowest BCUT2D eigenvalue weighted by Crippen LogP contribution is -2.09. The molecule has 0 radical (unpaired) electrons. The molecule has 2 aromatic rings. The maximum absolute atomic E-state index is 6.15. The van der Waals surface area contributed by atoms with Crippen LogP contribution in [0.25, 0.3) is 0 Å². The summed E-state index contributed by atoms with van der Waals surface area (Å²) >= 11 is 14.4. The molecule has 0 saturated heterocycles. The summed E-state index contributed by atoms with van der Waals surface area (Å²) in [5.41, 5.74) is 7.90. The van der Waals surface area contributed by atoms with Crippen molar-refractivity contribution in [3.8, 4) is 0 Å². The maximum atomic E-state index is 6.15. The molecule has 18 heavy (non-hydrogen) atoms. The molecule has 0 bridgehead atoms. The summed E-state index contributed by atoms with van der Waals surface area (Å²) in [6.45, 7) is 0. The largest absolute Gasteiger partial charge is 0.389 e. The van der Waals surface area contributed by atoms with Gasteiger partial charge >= 0.3 is 0 Å². The van der Waals surface area contributed by atoms with E-state index in [1.54, 1.807) is 18.5 Å². The number of benzene rings is 1. The zero-order valence-electron chi connectivity index (χ0n) is 9.15. The van der Waals surface area contributed by atoms with Crippen molar-refractivity contribution in [2.45, 2.75) is 0 Å². The van der Waals surface area contributed by atoms with Gasteiger partial charge in [-0.15, -0.1) is 0 Å². The minimum atomic E-state index is 0.326. The van der Waals surface area contributed by atoms with Crippen molar-refractivity contribution >= 4 is 56.1 Å². The van der Waals surface area contributed by atoms with Crippen molar-refractivity contribution in [3.05, 3.63) is 51.7 Å². The Kier molecular flexibility index (Phi) is 4.16. The van der Waals surface area contributed by atoms with Crippen LogP contribution in [0.5, 0.6) is 0 Å². The Balaban J connectivity index is 2.27. The lowest BCUT2D eigenvalue weighted by atomic mass is 10.2. The topological polar surface area (TPSA) is 50.9 Å². The number of rotatable bonds is 3. The van der Waals surface area contributed by atoms with Gasteiger partial charge in [0.25, 0.3) is 0 Å². The van der Waals surface area contributed by atoms with Gasteiger partial charge in [0.2, 0.25) is 0 Å². The smallest absolute Gasteiger partial charge is 0.104 e. The molecule has 0 atom stereocenters. The molecule has 0 aliphatic rings. The van der Waals surface area contributed by atoms with Crippen LogP contribution in [-0.2, 0) is 0 Å². The third-order valence-electron chi connectivity index (χ3n) is 2.24. The van der Waals surface area contributed by atoms with Gasteiger partial charge in [-0.1, -0.05) is 23.8 Å². The van der Waals surface area contributed by atoms with Crippen molar-refractivity contribution < 1.29 is 0 Å². The summed E-state index contributed by atoms with van der Waals surface area (Å²) in [7, 11) is 0. The van der Waals surface area contributed by atoms with E-state index in [1.165, 1.54) is 0 Å². The van der Waals surface area contributed by atoms with Crippen molar-refractivity contribution in [2.75, 3.05) is 5.32 Å².